The lowest BCUT2D eigenvalue weighted by Crippen LogP contribution is -2.22. The lowest BCUT2D eigenvalue weighted by molar-refractivity contribution is -0.123. The molecule has 8 heteroatoms. The van der Waals surface area contributed by atoms with Gasteiger partial charge in [-0.2, -0.15) is 5.10 Å². The van der Waals surface area contributed by atoms with Crippen molar-refractivity contribution in [3.05, 3.63) is 55.1 Å². The van der Waals surface area contributed by atoms with Crippen molar-refractivity contribution >= 4 is 57.9 Å². The van der Waals surface area contributed by atoms with Crippen molar-refractivity contribution in [3.8, 4) is 11.5 Å². The van der Waals surface area contributed by atoms with Crippen LogP contribution in [0.15, 0.2) is 35.4 Å². The molecule has 5 nitrogen and oxygen atoms in total. The molecule has 4 rings (SSSR count). The molecule has 2 fully saturated rings. The number of fused-ring (bicyclic) bond motifs is 1. The summed E-state index contributed by atoms with van der Waals surface area (Å²) in [7, 11) is 1.59. The molecule has 2 saturated carbocycles. The molecule has 3 atom stereocenters. The van der Waals surface area contributed by atoms with Gasteiger partial charge in [-0.1, -0.05) is 49.0 Å². The highest BCUT2D eigenvalue weighted by atomic mass is 127. The largest absolute Gasteiger partial charge is 0.493 e. The van der Waals surface area contributed by atoms with Crippen LogP contribution in [-0.2, 0) is 11.4 Å². The summed E-state index contributed by atoms with van der Waals surface area (Å²) in [4.78, 5) is 12.6. The van der Waals surface area contributed by atoms with E-state index in [1.807, 2.05) is 18.2 Å². The second-order valence-corrected chi connectivity index (χ2v) is 10.6. The number of hydrazone groups is 1. The number of benzene rings is 2. The number of halogens is 3. The third-order valence-electron chi connectivity index (χ3n) is 6.64. The van der Waals surface area contributed by atoms with E-state index in [1.165, 1.54) is 12.8 Å². The Balaban J connectivity index is 1.41. The molecule has 0 unspecified atom stereocenters. The van der Waals surface area contributed by atoms with Gasteiger partial charge in [0.2, 0.25) is 5.91 Å². The first-order valence-electron chi connectivity index (χ1n) is 10.6. The van der Waals surface area contributed by atoms with Gasteiger partial charge < -0.3 is 9.47 Å². The molecule has 0 spiro atoms. The van der Waals surface area contributed by atoms with Crippen molar-refractivity contribution in [1.29, 1.82) is 0 Å². The maximum Gasteiger partial charge on any atom is 0.244 e. The molecule has 32 heavy (non-hydrogen) atoms. The number of hydrogen-bond donors (Lipinski definition) is 1. The van der Waals surface area contributed by atoms with Crippen molar-refractivity contribution in [3.63, 3.8) is 0 Å². The molecular weight excluding hydrogens is 562 g/mol. The predicted octanol–water partition coefficient (Wildman–Crippen LogP) is 6.46. The second-order valence-electron chi connectivity index (χ2n) is 8.63. The monoisotopic (exact) mass is 586 g/mol. The lowest BCUT2D eigenvalue weighted by Gasteiger charge is -2.15. The van der Waals surface area contributed by atoms with Gasteiger partial charge in [0.1, 0.15) is 6.61 Å². The Labute approximate surface area is 212 Å². The van der Waals surface area contributed by atoms with E-state index in [9.17, 15) is 4.79 Å². The van der Waals surface area contributed by atoms with E-state index in [-0.39, 0.29) is 23.8 Å². The van der Waals surface area contributed by atoms with Crippen LogP contribution >= 0.6 is 45.8 Å². The van der Waals surface area contributed by atoms with Gasteiger partial charge in [-0.05, 0) is 76.6 Å². The summed E-state index contributed by atoms with van der Waals surface area (Å²) in [6.45, 7) is 2.52. The molecule has 2 aromatic rings. The van der Waals surface area contributed by atoms with Crippen LogP contribution in [0.1, 0.15) is 43.7 Å². The number of carbonyl (C=O) groups excluding carboxylic acids is 1. The summed E-state index contributed by atoms with van der Waals surface area (Å²) in [6.07, 6.45) is 6.37. The Kier molecular flexibility index (Phi) is 7.22. The maximum atomic E-state index is 12.6. The van der Waals surface area contributed by atoms with Crippen LogP contribution in [0, 0.1) is 20.8 Å². The molecule has 2 aromatic carbocycles. The molecule has 2 aliphatic rings. The number of amides is 1. The smallest absolute Gasteiger partial charge is 0.244 e. The van der Waals surface area contributed by atoms with Crippen LogP contribution in [0.2, 0.25) is 10.0 Å². The SMILES string of the molecule is COc1cc(/C=N\NC(=O)[C@@H]2[C@H]3CCCC[C@]32C)cc(I)c1OCc1ccc(Cl)cc1Cl. The summed E-state index contributed by atoms with van der Waals surface area (Å²) >= 11 is 14.4. The zero-order valence-corrected chi connectivity index (χ0v) is 21.6. The zero-order chi connectivity index (χ0) is 22.9. The Morgan fingerprint density at radius 1 is 1.31 bits per heavy atom. The van der Waals surface area contributed by atoms with Crippen LogP contribution in [0.3, 0.4) is 0 Å². The number of ether oxygens (including phenoxy) is 2. The van der Waals surface area contributed by atoms with Crippen LogP contribution < -0.4 is 14.9 Å². The van der Waals surface area contributed by atoms with Gasteiger partial charge in [0, 0.05) is 21.5 Å². The molecule has 0 saturated heterocycles. The summed E-state index contributed by atoms with van der Waals surface area (Å²) in [5.41, 5.74) is 4.54. The zero-order valence-electron chi connectivity index (χ0n) is 18.0. The standard InChI is InChI=1S/C24H25Cl2IN2O3/c1-24-8-4-3-5-17(24)21(24)23(30)29-28-12-14-9-19(27)22(20(10-14)31-2)32-13-15-6-7-16(25)11-18(15)26/h6-7,9-12,17,21H,3-5,8,13H2,1-2H3,(H,29,30)/b28-12-/t17-,21+,24-/m1/s1. The van der Waals surface area contributed by atoms with E-state index >= 15 is 0 Å². The Morgan fingerprint density at radius 3 is 2.81 bits per heavy atom. The number of methoxy groups -OCH3 is 1. The quantitative estimate of drug-likeness (QED) is 0.230. The van der Waals surface area contributed by atoms with Crippen LogP contribution in [-0.4, -0.2) is 19.2 Å². The van der Waals surface area contributed by atoms with Gasteiger partial charge in [-0.3, -0.25) is 4.79 Å². The third-order valence-corrected chi connectivity index (χ3v) is 8.03. The molecule has 0 heterocycles. The number of nitrogens with one attached hydrogen (secondary N) is 1. The normalized spacial score (nSPS) is 24.2. The van der Waals surface area contributed by atoms with E-state index in [4.69, 9.17) is 32.7 Å². The van der Waals surface area contributed by atoms with Crippen molar-refractivity contribution < 1.29 is 14.3 Å². The minimum atomic E-state index is 0.0251. The Bertz CT molecular complexity index is 1060. The first-order chi connectivity index (χ1) is 15.3. The molecule has 2 aliphatic carbocycles. The van der Waals surface area contributed by atoms with E-state index in [1.54, 1.807) is 25.5 Å². The fraction of sp³-hybridized carbons (Fsp3) is 0.417. The van der Waals surface area contributed by atoms with E-state index in [0.717, 1.165) is 27.5 Å². The first-order valence-corrected chi connectivity index (χ1v) is 12.4. The highest BCUT2D eigenvalue weighted by Crippen LogP contribution is 2.66. The highest BCUT2D eigenvalue weighted by Gasteiger charge is 2.64. The van der Waals surface area contributed by atoms with Gasteiger partial charge in [0.25, 0.3) is 0 Å². The molecule has 0 aliphatic heterocycles. The van der Waals surface area contributed by atoms with Crippen molar-refractivity contribution in [1.82, 2.24) is 5.43 Å². The minimum absolute atomic E-state index is 0.0251. The summed E-state index contributed by atoms with van der Waals surface area (Å²) in [6, 6.07) is 9.06. The van der Waals surface area contributed by atoms with Gasteiger partial charge in [0.15, 0.2) is 11.5 Å². The molecule has 1 N–H and O–H groups in total. The molecule has 1 amide bonds. The fourth-order valence-electron chi connectivity index (χ4n) is 4.83. The van der Waals surface area contributed by atoms with Crippen molar-refractivity contribution in [2.24, 2.45) is 22.4 Å². The van der Waals surface area contributed by atoms with E-state index < -0.39 is 0 Å². The number of rotatable bonds is 7. The number of carbonyl (C=O) groups is 1. The van der Waals surface area contributed by atoms with Crippen LogP contribution in [0.25, 0.3) is 0 Å². The van der Waals surface area contributed by atoms with Gasteiger partial charge >= 0.3 is 0 Å². The Hall–Kier alpha value is -1.51. The molecule has 0 radical (unpaired) electrons. The van der Waals surface area contributed by atoms with Crippen LogP contribution in [0.5, 0.6) is 11.5 Å². The summed E-state index contributed by atoms with van der Waals surface area (Å²) < 4.78 is 12.4. The average Bonchev–Trinajstić information content (AvgIpc) is 3.39. The third kappa shape index (κ3) is 4.87. The molecular formula is C24H25Cl2IN2O3. The fourth-order valence-corrected chi connectivity index (χ4v) is 6.08. The number of hydrogen-bond acceptors (Lipinski definition) is 4. The molecule has 0 aromatic heterocycles. The van der Waals surface area contributed by atoms with Crippen molar-refractivity contribution in [2.45, 2.75) is 39.2 Å². The minimum Gasteiger partial charge on any atom is -0.493 e. The number of nitrogens with zero attached hydrogens (tertiary/aromatic N) is 1. The average molecular weight is 587 g/mol. The molecule has 0 bridgehead atoms. The maximum absolute atomic E-state index is 12.6. The highest BCUT2D eigenvalue weighted by molar-refractivity contribution is 14.1. The predicted molar refractivity (Wildman–Crippen MR) is 136 cm³/mol. The van der Waals surface area contributed by atoms with Gasteiger partial charge in [0.05, 0.1) is 16.9 Å². The molecule has 170 valence electrons. The van der Waals surface area contributed by atoms with Gasteiger partial charge in [-0.25, -0.2) is 5.43 Å². The lowest BCUT2D eigenvalue weighted by atomic mass is 9.90. The summed E-state index contributed by atoms with van der Waals surface area (Å²) in [5.74, 6) is 1.83. The Morgan fingerprint density at radius 2 is 2.12 bits per heavy atom. The second kappa shape index (κ2) is 9.77. The van der Waals surface area contributed by atoms with Crippen molar-refractivity contribution in [2.75, 3.05) is 7.11 Å². The first kappa shape index (κ1) is 23.6. The van der Waals surface area contributed by atoms with E-state index in [0.29, 0.717) is 27.5 Å². The van der Waals surface area contributed by atoms with Gasteiger partial charge in [-0.15, -0.1) is 0 Å². The summed E-state index contributed by atoms with van der Waals surface area (Å²) in [5, 5.41) is 5.33. The topological polar surface area (TPSA) is 59.9 Å². The van der Waals surface area contributed by atoms with Crippen LogP contribution in [0.4, 0.5) is 0 Å². The van der Waals surface area contributed by atoms with E-state index in [2.05, 4.69) is 40.0 Å².